The fourth-order valence-corrected chi connectivity index (χ4v) is 4.08. The average Bonchev–Trinajstić information content (AvgIpc) is 3.16. The Labute approximate surface area is 186 Å². The van der Waals surface area contributed by atoms with E-state index in [1.165, 1.54) is 7.11 Å². The zero-order valence-electron chi connectivity index (χ0n) is 17.8. The molecule has 1 aromatic heterocycles. The van der Waals surface area contributed by atoms with Crippen molar-refractivity contribution in [1.82, 2.24) is 9.88 Å². The number of nitrogens with one attached hydrogen (secondary N) is 1. The smallest absolute Gasteiger partial charge is 0.296 e. The Balaban J connectivity index is 1.60. The van der Waals surface area contributed by atoms with Crippen molar-refractivity contribution in [2.45, 2.75) is 32.4 Å². The van der Waals surface area contributed by atoms with Crippen LogP contribution in [0.1, 0.15) is 42.2 Å². The van der Waals surface area contributed by atoms with Gasteiger partial charge in [-0.2, -0.15) is 4.98 Å². The summed E-state index contributed by atoms with van der Waals surface area (Å²) in [5.41, 5.74) is 2.49. The number of nitrogens with zero attached hydrogens (tertiary/aromatic N) is 2. The molecule has 7 nitrogen and oxygen atoms in total. The average molecular weight is 444 g/mol. The van der Waals surface area contributed by atoms with Crippen LogP contribution in [0.25, 0.3) is 11.1 Å². The molecule has 4 rings (SSSR count). The summed E-state index contributed by atoms with van der Waals surface area (Å²) >= 11 is 6.09. The quantitative estimate of drug-likeness (QED) is 0.603. The summed E-state index contributed by atoms with van der Waals surface area (Å²) in [7, 11) is 1.53. The second kappa shape index (κ2) is 8.77. The number of carbonyl (C=O) groups excluding carboxylic acids is 1. The fourth-order valence-electron chi connectivity index (χ4n) is 3.88. The topological polar surface area (TPSA) is 87.8 Å². The molecule has 2 unspecified atom stereocenters. The largest absolute Gasteiger partial charge is 0.493 e. The number of hydrogen-bond acceptors (Lipinski definition) is 6. The minimum absolute atomic E-state index is 0.0409. The van der Waals surface area contributed by atoms with Gasteiger partial charge in [0.1, 0.15) is 5.52 Å². The SMILES string of the molecule is COc1cc(C(=O)N2CCC(O)C(C)C2)cc2nc(N[C@H](C)c3cccc(Cl)c3)oc12. The highest BCUT2D eigenvalue weighted by molar-refractivity contribution is 6.30. The maximum absolute atomic E-state index is 13.1. The van der Waals surface area contributed by atoms with Crippen LogP contribution >= 0.6 is 11.6 Å². The summed E-state index contributed by atoms with van der Waals surface area (Å²) in [6, 6.07) is 11.2. The van der Waals surface area contributed by atoms with E-state index in [0.717, 1.165) is 5.56 Å². The molecule has 2 N–H and O–H groups in total. The van der Waals surface area contributed by atoms with Crippen molar-refractivity contribution >= 4 is 34.6 Å². The number of aliphatic hydroxyl groups is 1. The summed E-state index contributed by atoms with van der Waals surface area (Å²) < 4.78 is 11.4. The molecule has 0 radical (unpaired) electrons. The second-order valence-electron chi connectivity index (χ2n) is 8.05. The molecule has 1 saturated heterocycles. The zero-order chi connectivity index (χ0) is 22.1. The lowest BCUT2D eigenvalue weighted by atomic mass is 9.96. The number of hydrogen-bond donors (Lipinski definition) is 2. The van der Waals surface area contributed by atoms with E-state index in [4.69, 9.17) is 20.8 Å². The molecule has 8 heteroatoms. The minimum Gasteiger partial charge on any atom is -0.493 e. The standard InChI is InChI=1S/C23H26ClN3O4/c1-13-12-27(8-7-19(13)28)22(29)16-10-18-21(20(11-16)30-3)31-23(26-18)25-14(2)15-5-4-6-17(24)9-15/h4-6,9-11,13-14,19,28H,7-8,12H2,1-3H3,(H,25,26)/t13?,14-,19?/m1/s1. The normalized spacial score (nSPS) is 20.0. The van der Waals surface area contributed by atoms with E-state index in [2.05, 4.69) is 10.3 Å². The van der Waals surface area contributed by atoms with E-state index < -0.39 is 0 Å². The lowest BCUT2D eigenvalue weighted by Gasteiger charge is -2.34. The number of oxazole rings is 1. The van der Waals surface area contributed by atoms with Gasteiger partial charge in [-0.15, -0.1) is 0 Å². The second-order valence-corrected chi connectivity index (χ2v) is 8.49. The van der Waals surface area contributed by atoms with Crippen molar-refractivity contribution in [3.63, 3.8) is 0 Å². The molecule has 1 amide bonds. The fraction of sp³-hybridized carbons (Fsp3) is 0.391. The molecule has 2 aromatic carbocycles. The van der Waals surface area contributed by atoms with Crippen molar-refractivity contribution in [2.24, 2.45) is 5.92 Å². The summed E-state index contributed by atoms with van der Waals surface area (Å²) in [6.45, 7) is 4.97. The molecule has 3 aromatic rings. The van der Waals surface area contributed by atoms with Gasteiger partial charge in [-0.25, -0.2) is 0 Å². The maximum atomic E-state index is 13.1. The van der Waals surface area contributed by atoms with Crippen LogP contribution in [0.15, 0.2) is 40.8 Å². The number of carbonyl (C=O) groups is 1. The number of rotatable bonds is 5. The Kier molecular flexibility index (Phi) is 6.07. The Hall–Kier alpha value is -2.77. The number of anilines is 1. The van der Waals surface area contributed by atoms with Gasteiger partial charge in [-0.05, 0) is 49.1 Å². The number of amides is 1. The summed E-state index contributed by atoms with van der Waals surface area (Å²) in [5.74, 6) is 0.379. The van der Waals surface area contributed by atoms with Crippen molar-refractivity contribution in [3.8, 4) is 5.75 Å². The predicted molar refractivity (Wildman–Crippen MR) is 120 cm³/mol. The van der Waals surface area contributed by atoms with E-state index >= 15 is 0 Å². The number of fused-ring (bicyclic) bond motifs is 1. The van der Waals surface area contributed by atoms with Crippen LogP contribution in [-0.4, -0.2) is 47.2 Å². The Morgan fingerprint density at radius 1 is 1.39 bits per heavy atom. The number of aliphatic hydroxyl groups excluding tert-OH is 1. The van der Waals surface area contributed by atoms with E-state index in [1.807, 2.05) is 38.1 Å². The van der Waals surface area contributed by atoms with Gasteiger partial charge in [0.2, 0.25) is 0 Å². The van der Waals surface area contributed by atoms with Crippen LogP contribution in [0, 0.1) is 5.92 Å². The van der Waals surface area contributed by atoms with Crippen molar-refractivity contribution in [2.75, 3.05) is 25.5 Å². The molecule has 31 heavy (non-hydrogen) atoms. The number of aromatic nitrogens is 1. The van der Waals surface area contributed by atoms with Gasteiger partial charge >= 0.3 is 0 Å². The molecule has 1 fully saturated rings. The van der Waals surface area contributed by atoms with Crippen LogP contribution in [-0.2, 0) is 0 Å². The predicted octanol–water partition coefficient (Wildman–Crippen LogP) is 4.51. The van der Waals surface area contributed by atoms with Gasteiger partial charge in [-0.3, -0.25) is 4.79 Å². The van der Waals surface area contributed by atoms with Crippen LogP contribution in [0.3, 0.4) is 0 Å². The lowest BCUT2D eigenvalue weighted by Crippen LogP contribution is -2.44. The first-order chi connectivity index (χ1) is 14.9. The first-order valence-corrected chi connectivity index (χ1v) is 10.7. The molecular weight excluding hydrogens is 418 g/mol. The highest BCUT2D eigenvalue weighted by Gasteiger charge is 2.28. The molecule has 1 aliphatic rings. The highest BCUT2D eigenvalue weighted by atomic mass is 35.5. The number of benzene rings is 2. The van der Waals surface area contributed by atoms with Gasteiger partial charge in [0.25, 0.3) is 11.9 Å². The Morgan fingerprint density at radius 2 is 2.19 bits per heavy atom. The monoisotopic (exact) mass is 443 g/mol. The molecule has 0 bridgehead atoms. The molecule has 2 heterocycles. The van der Waals surface area contributed by atoms with E-state index in [0.29, 0.717) is 53.0 Å². The van der Waals surface area contributed by atoms with Crippen molar-refractivity contribution in [1.29, 1.82) is 0 Å². The molecule has 164 valence electrons. The molecule has 0 spiro atoms. The summed E-state index contributed by atoms with van der Waals surface area (Å²) in [4.78, 5) is 19.4. The molecule has 1 aliphatic heterocycles. The number of likely N-dealkylation sites (tertiary alicyclic amines) is 1. The Morgan fingerprint density at radius 3 is 2.90 bits per heavy atom. The first kappa shape index (κ1) is 21.5. The maximum Gasteiger partial charge on any atom is 0.296 e. The van der Waals surface area contributed by atoms with Crippen molar-refractivity contribution in [3.05, 3.63) is 52.5 Å². The van der Waals surface area contributed by atoms with Gasteiger partial charge in [-0.1, -0.05) is 30.7 Å². The van der Waals surface area contributed by atoms with Gasteiger partial charge in [0.15, 0.2) is 11.3 Å². The molecular formula is C23H26ClN3O4. The third-order valence-electron chi connectivity index (χ3n) is 5.76. The van der Waals surface area contributed by atoms with Gasteiger partial charge in [0.05, 0.1) is 19.3 Å². The molecule has 0 saturated carbocycles. The van der Waals surface area contributed by atoms with Crippen LogP contribution in [0.2, 0.25) is 5.02 Å². The number of methoxy groups -OCH3 is 1. The third kappa shape index (κ3) is 4.48. The lowest BCUT2D eigenvalue weighted by molar-refractivity contribution is 0.0297. The number of piperidine rings is 1. The summed E-state index contributed by atoms with van der Waals surface area (Å²) in [6.07, 6.45) is 0.206. The minimum atomic E-state index is -0.369. The van der Waals surface area contributed by atoms with Crippen LogP contribution < -0.4 is 10.1 Å². The van der Waals surface area contributed by atoms with Gasteiger partial charge in [0, 0.05) is 23.7 Å². The van der Waals surface area contributed by atoms with E-state index in [1.54, 1.807) is 17.0 Å². The first-order valence-electron chi connectivity index (χ1n) is 10.3. The summed E-state index contributed by atoms with van der Waals surface area (Å²) in [5, 5.41) is 13.8. The van der Waals surface area contributed by atoms with Crippen LogP contribution in [0.5, 0.6) is 5.75 Å². The van der Waals surface area contributed by atoms with Crippen LogP contribution in [0.4, 0.5) is 6.01 Å². The van der Waals surface area contributed by atoms with Crippen molar-refractivity contribution < 1.29 is 19.1 Å². The highest BCUT2D eigenvalue weighted by Crippen LogP contribution is 2.32. The Bertz CT molecular complexity index is 1100. The van der Waals surface area contributed by atoms with E-state index in [9.17, 15) is 9.90 Å². The van der Waals surface area contributed by atoms with E-state index in [-0.39, 0.29) is 24.0 Å². The number of halogens is 1. The molecule has 3 atom stereocenters. The number of ether oxygens (including phenoxy) is 1. The third-order valence-corrected chi connectivity index (χ3v) is 5.99. The molecule has 0 aliphatic carbocycles. The zero-order valence-corrected chi connectivity index (χ0v) is 18.5. The van der Waals surface area contributed by atoms with Gasteiger partial charge < -0.3 is 24.5 Å².